The van der Waals surface area contributed by atoms with Crippen molar-refractivity contribution in [2.75, 3.05) is 25.4 Å². The molecule has 0 radical (unpaired) electrons. The third kappa shape index (κ3) is 3.04. The highest BCUT2D eigenvalue weighted by Gasteiger charge is 2.36. The molecule has 2 heterocycles. The van der Waals surface area contributed by atoms with Gasteiger partial charge in [0.2, 0.25) is 0 Å². The average molecular weight is 274 g/mol. The van der Waals surface area contributed by atoms with Crippen molar-refractivity contribution < 1.29 is 9.53 Å². The van der Waals surface area contributed by atoms with E-state index in [9.17, 15) is 4.79 Å². The van der Waals surface area contributed by atoms with Gasteiger partial charge in [0, 0.05) is 25.4 Å². The summed E-state index contributed by atoms with van der Waals surface area (Å²) in [5.41, 5.74) is -0.423. The van der Waals surface area contributed by atoms with Gasteiger partial charge in [0.1, 0.15) is 9.92 Å². The van der Waals surface area contributed by atoms with Crippen molar-refractivity contribution in [2.45, 2.75) is 32.4 Å². The van der Waals surface area contributed by atoms with Crippen LogP contribution in [0.3, 0.4) is 0 Å². The monoisotopic (exact) mass is 274 g/mol. The minimum absolute atomic E-state index is 0.208. The first-order valence-corrected chi connectivity index (χ1v) is 7.17. The van der Waals surface area contributed by atoms with Crippen LogP contribution in [0.4, 0.5) is 4.79 Å². The lowest BCUT2D eigenvalue weighted by Crippen LogP contribution is -2.54. The lowest BCUT2D eigenvalue weighted by molar-refractivity contribution is 0.0145. The second-order valence-electron chi connectivity index (χ2n) is 5.35. The van der Waals surface area contributed by atoms with Crippen LogP contribution in [0.2, 0.25) is 0 Å². The maximum absolute atomic E-state index is 11.9. The first kappa shape index (κ1) is 13.0. The lowest BCUT2D eigenvalue weighted by Gasteiger charge is -2.38. The predicted octanol–water partition coefficient (Wildman–Crippen LogP) is 1.94. The number of amides is 1. The van der Waals surface area contributed by atoms with Crippen molar-refractivity contribution in [3.63, 3.8) is 0 Å². The highest BCUT2D eigenvalue weighted by atomic mass is 32.2. The summed E-state index contributed by atoms with van der Waals surface area (Å²) in [5, 5.41) is 0. The molecular weight excluding hydrogens is 256 g/mol. The molecule has 0 aromatic carbocycles. The SMILES string of the molecule is CC(C)(C)OC(=O)N1CCN2C(=S)SCC2C1. The van der Waals surface area contributed by atoms with Crippen molar-refractivity contribution in [3.8, 4) is 0 Å². The zero-order valence-corrected chi connectivity index (χ0v) is 12.1. The largest absolute Gasteiger partial charge is 0.444 e. The number of hydrogen-bond donors (Lipinski definition) is 0. The Morgan fingerprint density at radius 3 is 2.82 bits per heavy atom. The number of piperazine rings is 1. The Balaban J connectivity index is 1.93. The quantitative estimate of drug-likeness (QED) is 0.630. The van der Waals surface area contributed by atoms with E-state index in [4.69, 9.17) is 17.0 Å². The zero-order valence-electron chi connectivity index (χ0n) is 10.4. The van der Waals surface area contributed by atoms with Gasteiger partial charge in [-0.3, -0.25) is 0 Å². The maximum atomic E-state index is 11.9. The van der Waals surface area contributed by atoms with Gasteiger partial charge in [0.25, 0.3) is 0 Å². The van der Waals surface area contributed by atoms with E-state index in [2.05, 4.69) is 4.90 Å². The Kier molecular flexibility index (Phi) is 3.54. The summed E-state index contributed by atoms with van der Waals surface area (Å²) in [7, 11) is 0. The fourth-order valence-electron chi connectivity index (χ4n) is 1.98. The van der Waals surface area contributed by atoms with Crippen LogP contribution in [0.15, 0.2) is 0 Å². The lowest BCUT2D eigenvalue weighted by atomic mass is 10.2. The number of carbonyl (C=O) groups is 1. The van der Waals surface area contributed by atoms with Crippen LogP contribution < -0.4 is 0 Å². The van der Waals surface area contributed by atoms with E-state index < -0.39 is 5.60 Å². The number of nitrogens with zero attached hydrogens (tertiary/aromatic N) is 2. The number of thiocarbonyl (C=S) groups is 1. The molecule has 0 aromatic heterocycles. The molecule has 2 rings (SSSR count). The third-order valence-corrected chi connectivity index (χ3v) is 4.39. The molecule has 1 amide bonds. The van der Waals surface area contributed by atoms with Gasteiger partial charge in [-0.15, -0.1) is 0 Å². The third-order valence-electron chi connectivity index (χ3n) is 2.77. The molecule has 2 aliphatic heterocycles. The van der Waals surface area contributed by atoms with E-state index in [1.807, 2.05) is 20.8 Å². The van der Waals surface area contributed by atoms with Crippen LogP contribution in [-0.2, 0) is 4.74 Å². The van der Waals surface area contributed by atoms with E-state index in [0.29, 0.717) is 12.6 Å². The summed E-state index contributed by atoms with van der Waals surface area (Å²) in [4.78, 5) is 15.9. The summed E-state index contributed by atoms with van der Waals surface area (Å²) < 4.78 is 6.35. The molecule has 0 bridgehead atoms. The number of ether oxygens (including phenoxy) is 1. The molecule has 0 aromatic rings. The Morgan fingerprint density at radius 2 is 2.18 bits per heavy atom. The van der Waals surface area contributed by atoms with Gasteiger partial charge in [-0.25, -0.2) is 4.79 Å². The molecule has 2 aliphatic rings. The Hall–Kier alpha value is -0.490. The number of hydrogen-bond acceptors (Lipinski definition) is 4. The van der Waals surface area contributed by atoms with Gasteiger partial charge in [-0.05, 0) is 20.8 Å². The molecule has 0 N–H and O–H groups in total. The van der Waals surface area contributed by atoms with Gasteiger partial charge in [-0.1, -0.05) is 24.0 Å². The van der Waals surface area contributed by atoms with Crippen LogP contribution in [0, 0.1) is 0 Å². The van der Waals surface area contributed by atoms with Crippen molar-refractivity contribution in [1.29, 1.82) is 0 Å². The number of thioether (sulfide) groups is 1. The summed E-state index contributed by atoms with van der Waals surface area (Å²) in [6.07, 6.45) is -0.208. The van der Waals surface area contributed by atoms with Crippen molar-refractivity contribution in [3.05, 3.63) is 0 Å². The fourth-order valence-corrected chi connectivity index (χ4v) is 3.45. The molecule has 1 atom stereocenters. The number of fused-ring (bicyclic) bond motifs is 1. The highest BCUT2D eigenvalue weighted by molar-refractivity contribution is 8.23. The first-order chi connectivity index (χ1) is 7.87. The molecule has 17 heavy (non-hydrogen) atoms. The van der Waals surface area contributed by atoms with Gasteiger partial charge in [-0.2, -0.15) is 0 Å². The summed E-state index contributed by atoms with van der Waals surface area (Å²) >= 11 is 6.97. The van der Waals surface area contributed by atoms with E-state index in [0.717, 1.165) is 23.2 Å². The Morgan fingerprint density at radius 1 is 1.47 bits per heavy atom. The van der Waals surface area contributed by atoms with Crippen LogP contribution in [0.25, 0.3) is 0 Å². The first-order valence-electron chi connectivity index (χ1n) is 5.78. The van der Waals surface area contributed by atoms with Crippen molar-refractivity contribution in [2.24, 2.45) is 0 Å². The maximum Gasteiger partial charge on any atom is 0.410 e. The van der Waals surface area contributed by atoms with Crippen molar-refractivity contribution >= 4 is 34.4 Å². The van der Waals surface area contributed by atoms with Gasteiger partial charge in [0.05, 0.1) is 6.04 Å². The molecule has 0 spiro atoms. The topological polar surface area (TPSA) is 32.8 Å². The van der Waals surface area contributed by atoms with Gasteiger partial charge < -0.3 is 14.5 Å². The van der Waals surface area contributed by atoms with E-state index in [1.54, 1.807) is 16.7 Å². The summed E-state index contributed by atoms with van der Waals surface area (Å²) in [5.74, 6) is 0.984. The predicted molar refractivity (Wildman–Crippen MR) is 73.4 cm³/mol. The highest BCUT2D eigenvalue weighted by Crippen LogP contribution is 2.27. The molecule has 2 fully saturated rings. The van der Waals surface area contributed by atoms with Crippen LogP contribution in [-0.4, -0.2) is 57.2 Å². The van der Waals surface area contributed by atoms with E-state index >= 15 is 0 Å². The molecule has 96 valence electrons. The molecule has 1 unspecified atom stereocenters. The number of rotatable bonds is 0. The van der Waals surface area contributed by atoms with E-state index in [-0.39, 0.29) is 6.09 Å². The fraction of sp³-hybridized carbons (Fsp3) is 0.818. The minimum Gasteiger partial charge on any atom is -0.444 e. The van der Waals surface area contributed by atoms with Gasteiger partial charge in [0.15, 0.2) is 0 Å². The molecule has 6 heteroatoms. The smallest absolute Gasteiger partial charge is 0.410 e. The normalized spacial score (nSPS) is 24.9. The summed E-state index contributed by atoms with van der Waals surface area (Å²) in [6.45, 7) is 7.93. The van der Waals surface area contributed by atoms with E-state index in [1.165, 1.54) is 0 Å². The zero-order chi connectivity index (χ0) is 12.6. The summed E-state index contributed by atoms with van der Waals surface area (Å²) in [6, 6.07) is 0.369. The molecule has 0 aliphatic carbocycles. The minimum atomic E-state index is -0.423. The standard InChI is InChI=1S/C11H18N2O2S2/c1-11(2,3)15-9(14)12-4-5-13-8(6-12)7-17-10(13)16/h8H,4-7H2,1-3H3. The Bertz CT molecular complexity index is 341. The van der Waals surface area contributed by atoms with Crippen LogP contribution >= 0.6 is 24.0 Å². The molecule has 2 saturated heterocycles. The average Bonchev–Trinajstić information content (AvgIpc) is 2.57. The Labute approximate surface area is 112 Å². The number of carbonyl (C=O) groups excluding carboxylic acids is 1. The van der Waals surface area contributed by atoms with Crippen LogP contribution in [0.1, 0.15) is 20.8 Å². The molecular formula is C11H18N2O2S2. The molecule has 4 nitrogen and oxygen atoms in total. The van der Waals surface area contributed by atoms with Gasteiger partial charge >= 0.3 is 6.09 Å². The van der Waals surface area contributed by atoms with Crippen molar-refractivity contribution in [1.82, 2.24) is 9.80 Å². The van der Waals surface area contributed by atoms with Crippen LogP contribution in [0.5, 0.6) is 0 Å². The second kappa shape index (κ2) is 4.65. The molecule has 0 saturated carbocycles. The second-order valence-corrected chi connectivity index (χ2v) is 7.00.